The van der Waals surface area contributed by atoms with Crippen molar-refractivity contribution in [2.24, 2.45) is 0 Å². The van der Waals surface area contributed by atoms with Crippen LogP contribution in [0.4, 0.5) is 0 Å². The van der Waals surface area contributed by atoms with E-state index in [0.29, 0.717) is 5.75 Å². The van der Waals surface area contributed by atoms with Gasteiger partial charge in [-0.05, 0) is 24.6 Å². The van der Waals surface area contributed by atoms with Crippen molar-refractivity contribution in [1.29, 1.82) is 0 Å². The summed E-state index contributed by atoms with van der Waals surface area (Å²) in [5, 5.41) is 4.16. The van der Waals surface area contributed by atoms with E-state index in [1.807, 2.05) is 24.0 Å². The SMILES string of the molecule is Cc1ccnc(SCC(=O)N2CCNCC2)c1. The van der Waals surface area contributed by atoms with Crippen LogP contribution in [0.1, 0.15) is 5.56 Å². The molecule has 0 aromatic carbocycles. The second-order valence-electron chi connectivity index (χ2n) is 4.09. The Bertz CT molecular complexity index is 391. The van der Waals surface area contributed by atoms with Crippen molar-refractivity contribution in [2.75, 3.05) is 31.9 Å². The third-order valence-corrected chi connectivity index (χ3v) is 3.61. The number of nitrogens with one attached hydrogen (secondary N) is 1. The minimum absolute atomic E-state index is 0.208. The minimum Gasteiger partial charge on any atom is -0.339 e. The number of aromatic nitrogens is 1. The van der Waals surface area contributed by atoms with E-state index < -0.39 is 0 Å². The second-order valence-corrected chi connectivity index (χ2v) is 5.09. The van der Waals surface area contributed by atoms with Gasteiger partial charge in [0.25, 0.3) is 0 Å². The third-order valence-electron chi connectivity index (χ3n) is 2.70. The lowest BCUT2D eigenvalue weighted by atomic mass is 10.3. The lowest BCUT2D eigenvalue weighted by Gasteiger charge is -2.27. The van der Waals surface area contributed by atoms with Crippen LogP contribution < -0.4 is 5.32 Å². The quantitative estimate of drug-likeness (QED) is 0.811. The molecule has 0 radical (unpaired) electrons. The summed E-state index contributed by atoms with van der Waals surface area (Å²) < 4.78 is 0. The Labute approximate surface area is 106 Å². The van der Waals surface area contributed by atoms with E-state index >= 15 is 0 Å². The van der Waals surface area contributed by atoms with E-state index in [2.05, 4.69) is 10.3 Å². The third kappa shape index (κ3) is 3.71. The standard InChI is InChI=1S/C12H17N3OS/c1-10-2-3-14-11(8-10)17-9-12(16)15-6-4-13-5-7-15/h2-3,8,13H,4-7,9H2,1H3. The predicted molar refractivity (Wildman–Crippen MR) is 69.1 cm³/mol. The number of hydrogen-bond donors (Lipinski definition) is 1. The maximum absolute atomic E-state index is 11.9. The van der Waals surface area contributed by atoms with Crippen molar-refractivity contribution >= 4 is 17.7 Å². The first-order chi connectivity index (χ1) is 8.25. The summed E-state index contributed by atoms with van der Waals surface area (Å²) in [6, 6.07) is 3.97. The van der Waals surface area contributed by atoms with Gasteiger partial charge in [0.05, 0.1) is 10.8 Å². The zero-order valence-electron chi connectivity index (χ0n) is 9.98. The molecule has 1 aliphatic rings. The molecule has 1 amide bonds. The number of nitrogens with zero attached hydrogens (tertiary/aromatic N) is 2. The van der Waals surface area contributed by atoms with E-state index in [1.165, 1.54) is 17.3 Å². The Morgan fingerprint density at radius 2 is 2.29 bits per heavy atom. The van der Waals surface area contributed by atoms with Crippen molar-refractivity contribution in [3.8, 4) is 0 Å². The van der Waals surface area contributed by atoms with Crippen molar-refractivity contribution in [2.45, 2.75) is 11.9 Å². The Morgan fingerprint density at radius 3 is 3.00 bits per heavy atom. The Kier molecular flexibility index (Phi) is 4.39. The molecule has 92 valence electrons. The molecule has 0 unspecified atom stereocenters. The highest BCUT2D eigenvalue weighted by atomic mass is 32.2. The number of hydrogen-bond acceptors (Lipinski definition) is 4. The van der Waals surface area contributed by atoms with Gasteiger partial charge in [-0.25, -0.2) is 4.98 Å². The maximum Gasteiger partial charge on any atom is 0.233 e. The largest absolute Gasteiger partial charge is 0.339 e. The molecule has 1 aromatic rings. The molecule has 17 heavy (non-hydrogen) atoms. The normalized spacial score (nSPS) is 15.9. The molecule has 2 rings (SSSR count). The van der Waals surface area contributed by atoms with Crippen LogP contribution in [0.2, 0.25) is 0 Å². The Morgan fingerprint density at radius 1 is 1.53 bits per heavy atom. The summed E-state index contributed by atoms with van der Waals surface area (Å²) in [5.74, 6) is 0.691. The van der Waals surface area contributed by atoms with Crippen LogP contribution in [0.25, 0.3) is 0 Å². The summed E-state index contributed by atoms with van der Waals surface area (Å²) in [7, 11) is 0. The van der Waals surface area contributed by atoms with Gasteiger partial charge in [-0.2, -0.15) is 0 Å². The average molecular weight is 251 g/mol. The van der Waals surface area contributed by atoms with E-state index in [0.717, 1.165) is 31.2 Å². The molecule has 1 aliphatic heterocycles. The number of piperazine rings is 1. The van der Waals surface area contributed by atoms with Crippen molar-refractivity contribution in [1.82, 2.24) is 15.2 Å². The van der Waals surface area contributed by atoms with E-state index in [9.17, 15) is 4.79 Å². The van der Waals surface area contributed by atoms with Crippen LogP contribution >= 0.6 is 11.8 Å². The van der Waals surface area contributed by atoms with E-state index in [-0.39, 0.29) is 5.91 Å². The summed E-state index contributed by atoms with van der Waals surface area (Å²) in [4.78, 5) is 18.1. The smallest absolute Gasteiger partial charge is 0.233 e. The molecule has 0 spiro atoms. The molecule has 5 heteroatoms. The Hall–Kier alpha value is -1.07. The number of thioether (sulfide) groups is 1. The van der Waals surface area contributed by atoms with Gasteiger partial charge in [0.1, 0.15) is 0 Å². The van der Waals surface area contributed by atoms with Crippen LogP contribution in [0.5, 0.6) is 0 Å². The number of rotatable bonds is 3. The molecule has 0 atom stereocenters. The van der Waals surface area contributed by atoms with Gasteiger partial charge in [-0.3, -0.25) is 4.79 Å². The zero-order valence-corrected chi connectivity index (χ0v) is 10.8. The van der Waals surface area contributed by atoms with E-state index in [4.69, 9.17) is 0 Å². The molecule has 0 saturated carbocycles. The molecule has 2 heterocycles. The fourth-order valence-corrected chi connectivity index (χ4v) is 2.59. The van der Waals surface area contributed by atoms with Crippen LogP contribution in [-0.4, -0.2) is 47.7 Å². The van der Waals surface area contributed by atoms with E-state index in [1.54, 1.807) is 6.20 Å². The second kappa shape index (κ2) is 6.02. The van der Waals surface area contributed by atoms with Crippen molar-refractivity contribution < 1.29 is 4.79 Å². The first-order valence-electron chi connectivity index (χ1n) is 5.79. The lowest BCUT2D eigenvalue weighted by Crippen LogP contribution is -2.47. The summed E-state index contributed by atoms with van der Waals surface area (Å²) in [6.07, 6.45) is 1.78. The number of amides is 1. The topological polar surface area (TPSA) is 45.2 Å². The summed E-state index contributed by atoms with van der Waals surface area (Å²) >= 11 is 1.51. The molecule has 0 aliphatic carbocycles. The van der Waals surface area contributed by atoms with Gasteiger partial charge in [0.2, 0.25) is 5.91 Å². The number of pyridine rings is 1. The molecular weight excluding hydrogens is 234 g/mol. The van der Waals surface area contributed by atoms with Gasteiger partial charge < -0.3 is 10.2 Å². The molecule has 1 saturated heterocycles. The van der Waals surface area contributed by atoms with Crippen molar-refractivity contribution in [3.05, 3.63) is 23.9 Å². The highest BCUT2D eigenvalue weighted by Gasteiger charge is 2.16. The monoisotopic (exact) mass is 251 g/mol. The van der Waals surface area contributed by atoms with Gasteiger partial charge >= 0.3 is 0 Å². The highest BCUT2D eigenvalue weighted by molar-refractivity contribution is 7.99. The average Bonchev–Trinajstić information content (AvgIpc) is 2.37. The van der Waals surface area contributed by atoms with Gasteiger partial charge in [0.15, 0.2) is 0 Å². The molecular formula is C12H17N3OS. The van der Waals surface area contributed by atoms with Crippen molar-refractivity contribution in [3.63, 3.8) is 0 Å². The number of aryl methyl sites for hydroxylation is 1. The molecule has 1 fully saturated rings. The summed E-state index contributed by atoms with van der Waals surface area (Å²) in [5.41, 5.74) is 1.18. The molecule has 1 N–H and O–H groups in total. The first kappa shape index (κ1) is 12.4. The van der Waals surface area contributed by atoms with Crippen LogP contribution in [0.15, 0.2) is 23.4 Å². The molecule has 0 bridgehead atoms. The van der Waals surface area contributed by atoms with Crippen LogP contribution in [0.3, 0.4) is 0 Å². The summed E-state index contributed by atoms with van der Waals surface area (Å²) in [6.45, 7) is 5.48. The zero-order chi connectivity index (χ0) is 12.1. The van der Waals surface area contributed by atoms with Crippen LogP contribution in [-0.2, 0) is 4.79 Å². The van der Waals surface area contributed by atoms with Gasteiger partial charge in [-0.15, -0.1) is 0 Å². The minimum atomic E-state index is 0.208. The Balaban J connectivity index is 1.83. The first-order valence-corrected chi connectivity index (χ1v) is 6.78. The number of carbonyl (C=O) groups excluding carboxylic acids is 1. The molecule has 4 nitrogen and oxygen atoms in total. The van der Waals surface area contributed by atoms with Crippen LogP contribution in [0, 0.1) is 6.92 Å². The highest BCUT2D eigenvalue weighted by Crippen LogP contribution is 2.16. The maximum atomic E-state index is 11.9. The molecule has 1 aromatic heterocycles. The predicted octanol–water partition coefficient (Wildman–Crippen LogP) is 0.914. The fourth-order valence-electron chi connectivity index (χ4n) is 1.73. The lowest BCUT2D eigenvalue weighted by molar-refractivity contribution is -0.128. The fraction of sp³-hybridized carbons (Fsp3) is 0.500. The number of carbonyl (C=O) groups is 1. The van der Waals surface area contributed by atoms with Gasteiger partial charge in [-0.1, -0.05) is 11.8 Å². The van der Waals surface area contributed by atoms with Gasteiger partial charge in [0, 0.05) is 32.4 Å².